The largest absolute Gasteiger partial charge is 0.456 e. The van der Waals surface area contributed by atoms with Crippen LogP contribution in [0.2, 0.25) is 0 Å². The number of aromatic nitrogens is 4. The number of fused-ring (bicyclic) bond motifs is 11. The van der Waals surface area contributed by atoms with E-state index < -0.39 is 0 Å². The average molecular weight is 785 g/mol. The van der Waals surface area contributed by atoms with Crippen LogP contribution in [0, 0.1) is 5.92 Å². The van der Waals surface area contributed by atoms with Crippen LogP contribution in [0.25, 0.3) is 112 Å². The van der Waals surface area contributed by atoms with Gasteiger partial charge in [-0.2, -0.15) is 9.97 Å². The monoisotopic (exact) mass is 784 g/mol. The van der Waals surface area contributed by atoms with Crippen LogP contribution in [0.4, 0.5) is 0 Å². The second kappa shape index (κ2) is 13.3. The first-order chi connectivity index (χ1) is 30.2. The Kier molecular flexibility index (Phi) is 7.45. The maximum atomic E-state index is 6.35. The van der Waals surface area contributed by atoms with E-state index in [0.29, 0.717) is 23.5 Å². The zero-order valence-electron chi connectivity index (χ0n) is 33.0. The first-order valence-corrected chi connectivity index (χ1v) is 21.0. The summed E-state index contributed by atoms with van der Waals surface area (Å²) in [6.07, 6.45) is 12.2. The van der Waals surface area contributed by atoms with E-state index >= 15 is 0 Å². The van der Waals surface area contributed by atoms with Gasteiger partial charge in [-0.15, -0.1) is 0 Å². The Morgan fingerprint density at radius 3 is 2.13 bits per heavy atom. The van der Waals surface area contributed by atoms with Crippen molar-refractivity contribution >= 4 is 83.2 Å². The summed E-state index contributed by atoms with van der Waals surface area (Å²) in [7, 11) is 0. The fourth-order valence-electron chi connectivity index (χ4n) is 9.84. The van der Waals surface area contributed by atoms with Crippen LogP contribution in [0.3, 0.4) is 0 Å². The molecular formula is C55H36N4O2. The van der Waals surface area contributed by atoms with Crippen LogP contribution in [-0.2, 0) is 0 Å². The van der Waals surface area contributed by atoms with Gasteiger partial charge < -0.3 is 8.83 Å². The second-order valence-electron chi connectivity index (χ2n) is 16.2. The van der Waals surface area contributed by atoms with Crippen molar-refractivity contribution in [3.8, 4) is 28.7 Å². The van der Waals surface area contributed by atoms with E-state index in [2.05, 4.69) is 138 Å². The van der Waals surface area contributed by atoms with Crippen molar-refractivity contribution in [3.63, 3.8) is 0 Å². The number of para-hydroxylation sites is 3. The minimum atomic E-state index is 0.304. The van der Waals surface area contributed by atoms with Gasteiger partial charge in [-0.3, -0.25) is 4.57 Å². The summed E-state index contributed by atoms with van der Waals surface area (Å²) in [6, 6.07) is 52.8. The fourth-order valence-corrected chi connectivity index (χ4v) is 9.84. The summed E-state index contributed by atoms with van der Waals surface area (Å²) in [6.45, 7) is 0. The summed E-state index contributed by atoms with van der Waals surface area (Å²) in [5, 5.41) is 9.30. The molecule has 0 radical (unpaired) electrons. The van der Waals surface area contributed by atoms with Crippen LogP contribution in [0.5, 0.6) is 0 Å². The predicted molar refractivity (Wildman–Crippen MR) is 248 cm³/mol. The van der Waals surface area contributed by atoms with E-state index in [1.807, 2.05) is 42.5 Å². The molecule has 0 saturated carbocycles. The van der Waals surface area contributed by atoms with Gasteiger partial charge in [-0.05, 0) is 72.0 Å². The summed E-state index contributed by atoms with van der Waals surface area (Å²) in [5.74, 6) is 2.06. The molecule has 1 atom stereocenters. The van der Waals surface area contributed by atoms with Gasteiger partial charge >= 0.3 is 0 Å². The van der Waals surface area contributed by atoms with E-state index in [-0.39, 0.29) is 0 Å². The molecule has 0 N–H and O–H groups in total. The molecule has 6 nitrogen and oxygen atoms in total. The maximum Gasteiger partial charge on any atom is 0.238 e. The summed E-state index contributed by atoms with van der Waals surface area (Å²) in [5.41, 5.74) is 11.4. The Labute approximate surface area is 349 Å². The maximum absolute atomic E-state index is 6.35. The molecule has 0 saturated heterocycles. The Balaban J connectivity index is 1.02. The summed E-state index contributed by atoms with van der Waals surface area (Å²) in [4.78, 5) is 15.8. The number of rotatable bonds is 5. The third-order valence-corrected chi connectivity index (χ3v) is 12.8. The smallest absolute Gasteiger partial charge is 0.238 e. The van der Waals surface area contributed by atoms with Crippen molar-refractivity contribution in [3.05, 3.63) is 186 Å². The van der Waals surface area contributed by atoms with Crippen molar-refractivity contribution in [2.45, 2.75) is 19.3 Å². The molecule has 1 unspecified atom stereocenters. The zero-order chi connectivity index (χ0) is 40.0. The topological polar surface area (TPSA) is 69.9 Å². The average Bonchev–Trinajstić information content (AvgIpc) is 4.01. The minimum absolute atomic E-state index is 0.304. The lowest BCUT2D eigenvalue weighted by Crippen LogP contribution is -2.26. The number of allylic oxidation sites excluding steroid dienone is 4. The molecule has 2 aliphatic rings. The number of furan rings is 2. The van der Waals surface area contributed by atoms with Crippen LogP contribution >= 0.6 is 0 Å². The number of hydrogen-bond donors (Lipinski definition) is 0. The van der Waals surface area contributed by atoms with Gasteiger partial charge in [0.15, 0.2) is 11.6 Å². The molecule has 0 fully saturated rings. The normalized spacial score (nSPS) is 15.3. The molecule has 0 bridgehead atoms. The van der Waals surface area contributed by atoms with Crippen LogP contribution in [0.1, 0.15) is 24.8 Å². The van der Waals surface area contributed by atoms with Crippen LogP contribution < -0.4 is 10.6 Å². The Morgan fingerprint density at radius 1 is 0.541 bits per heavy atom. The van der Waals surface area contributed by atoms with Gasteiger partial charge in [-0.1, -0.05) is 145 Å². The highest BCUT2D eigenvalue weighted by Crippen LogP contribution is 2.42. The molecule has 0 spiro atoms. The van der Waals surface area contributed by atoms with Crippen molar-refractivity contribution in [1.29, 1.82) is 0 Å². The van der Waals surface area contributed by atoms with Gasteiger partial charge in [0.05, 0.1) is 11.0 Å². The molecule has 288 valence electrons. The summed E-state index contributed by atoms with van der Waals surface area (Å²) < 4.78 is 14.9. The Morgan fingerprint density at radius 2 is 1.28 bits per heavy atom. The standard InChI is InChI=1S/C55H36N4O2/c1-2-12-36(13-3-1)53-56-54(38-26-29-44-42-16-7-9-20-48(42)61-50(44)32-38)58-55(57-53)59-46-30-27-34-11-4-5-14-39(34)51(46)45-18-10-17-40(52(45)59)35-23-21-33(22-24-35)37-25-28-43-41-15-6-8-19-47(41)60-49(43)31-37/h1-21,23,26-32,37H,22,24-25H2. The Bertz CT molecular complexity index is 3810. The molecule has 4 heterocycles. The quantitative estimate of drug-likeness (QED) is 0.174. The highest BCUT2D eigenvalue weighted by molar-refractivity contribution is 6.22. The lowest BCUT2D eigenvalue weighted by Gasteiger charge is -2.22. The first kappa shape index (κ1) is 34.1. The van der Waals surface area contributed by atoms with Crippen LogP contribution in [-0.4, -0.2) is 19.5 Å². The van der Waals surface area contributed by atoms with Crippen molar-refractivity contribution < 1.29 is 8.83 Å². The third-order valence-electron chi connectivity index (χ3n) is 12.8. The van der Waals surface area contributed by atoms with Gasteiger partial charge in [0.1, 0.15) is 22.2 Å². The second-order valence-corrected chi connectivity index (χ2v) is 16.2. The third kappa shape index (κ3) is 5.38. The molecule has 2 aliphatic carbocycles. The predicted octanol–water partition coefficient (Wildman–Crippen LogP) is 12.5. The highest BCUT2D eigenvalue weighted by Gasteiger charge is 2.25. The molecular weight excluding hydrogens is 749 g/mol. The lowest BCUT2D eigenvalue weighted by atomic mass is 9.83. The van der Waals surface area contributed by atoms with Gasteiger partial charge in [0, 0.05) is 54.8 Å². The molecule has 7 aromatic carbocycles. The Hall–Kier alpha value is -7.83. The fraction of sp³-hybridized carbons (Fsp3) is 0.0727. The van der Waals surface area contributed by atoms with Crippen molar-refractivity contribution in [1.82, 2.24) is 19.5 Å². The van der Waals surface area contributed by atoms with E-state index in [1.54, 1.807) is 0 Å². The summed E-state index contributed by atoms with van der Waals surface area (Å²) >= 11 is 0. The molecule has 11 aromatic rings. The SMILES string of the molecule is C1=C(c2cccc3c4c5ccccc5ccc4n(-c4nc(-c5ccccc5)nc(-c5ccc6c(c5)oc5ccccc56)n4)c23)CCC(C2C=c3oc4ccccc4c3=CC2)=C1. The molecule has 0 aliphatic heterocycles. The van der Waals surface area contributed by atoms with Gasteiger partial charge in [-0.25, -0.2) is 4.98 Å². The van der Waals surface area contributed by atoms with Gasteiger partial charge in [0.2, 0.25) is 5.95 Å². The number of hydrogen-bond acceptors (Lipinski definition) is 5. The molecule has 4 aromatic heterocycles. The number of benzene rings is 7. The van der Waals surface area contributed by atoms with E-state index in [9.17, 15) is 0 Å². The van der Waals surface area contributed by atoms with E-state index in [1.165, 1.54) is 48.9 Å². The number of nitrogens with zero attached hydrogens (tertiary/aromatic N) is 4. The molecule has 6 heteroatoms. The lowest BCUT2D eigenvalue weighted by molar-refractivity contribution is 0.565. The zero-order valence-corrected chi connectivity index (χ0v) is 33.0. The molecule has 0 amide bonds. The van der Waals surface area contributed by atoms with Crippen molar-refractivity contribution in [2.24, 2.45) is 5.92 Å². The van der Waals surface area contributed by atoms with Gasteiger partial charge in [0.25, 0.3) is 0 Å². The minimum Gasteiger partial charge on any atom is -0.456 e. The first-order valence-electron chi connectivity index (χ1n) is 21.0. The highest BCUT2D eigenvalue weighted by atomic mass is 16.3. The van der Waals surface area contributed by atoms with Crippen molar-refractivity contribution in [2.75, 3.05) is 0 Å². The molecule has 61 heavy (non-hydrogen) atoms. The molecule has 13 rings (SSSR count). The van der Waals surface area contributed by atoms with E-state index in [4.69, 9.17) is 23.8 Å². The van der Waals surface area contributed by atoms with E-state index in [0.717, 1.165) is 74.4 Å². The van der Waals surface area contributed by atoms with Crippen LogP contribution in [0.15, 0.2) is 178 Å².